The second kappa shape index (κ2) is 8.28. The molecule has 3 atom stereocenters. The average Bonchev–Trinajstić information content (AvgIpc) is 2.46. The quantitative estimate of drug-likeness (QED) is 0.330. The van der Waals surface area contributed by atoms with E-state index in [1.54, 1.807) is 26.8 Å². The lowest BCUT2D eigenvalue weighted by atomic mass is 9.96. The summed E-state index contributed by atoms with van der Waals surface area (Å²) in [7, 11) is 1.24. The fourth-order valence-electron chi connectivity index (χ4n) is 2.19. The van der Waals surface area contributed by atoms with Gasteiger partial charge in [0.1, 0.15) is 11.6 Å². The Morgan fingerprint density at radius 1 is 1.43 bits per heavy atom. The Morgan fingerprint density at radius 2 is 2.09 bits per heavy atom. The molecule has 2 N–H and O–H groups in total. The van der Waals surface area contributed by atoms with Crippen LogP contribution in [0.3, 0.4) is 0 Å². The van der Waals surface area contributed by atoms with Crippen LogP contribution in [0, 0.1) is 0 Å². The molecule has 0 aromatic rings. The molecular weight excluding hydrogens is 304 g/mol. The van der Waals surface area contributed by atoms with Gasteiger partial charge in [0.05, 0.1) is 25.9 Å². The van der Waals surface area contributed by atoms with Crippen LogP contribution in [0.2, 0.25) is 0 Å². The molecule has 1 fully saturated rings. The topological polar surface area (TPSA) is 97.3 Å². The number of amides is 1. The highest BCUT2D eigenvalue weighted by atomic mass is 16.6. The maximum absolute atomic E-state index is 12.4. The van der Waals surface area contributed by atoms with Crippen LogP contribution in [0.4, 0.5) is 4.79 Å². The zero-order chi connectivity index (χ0) is 17.6. The molecule has 1 aliphatic heterocycles. The predicted octanol–water partition coefficient (Wildman–Crippen LogP) is 0.606. The smallest absolute Gasteiger partial charge is 0.411 e. The van der Waals surface area contributed by atoms with Gasteiger partial charge in [-0.2, -0.15) is 5.48 Å². The first-order valence-electron chi connectivity index (χ1n) is 7.43. The summed E-state index contributed by atoms with van der Waals surface area (Å²) >= 11 is 0. The minimum atomic E-state index is -0.901. The van der Waals surface area contributed by atoms with Gasteiger partial charge in [0.15, 0.2) is 0 Å². The first kappa shape index (κ1) is 19.4. The van der Waals surface area contributed by atoms with E-state index in [0.717, 1.165) is 0 Å². The minimum Gasteiger partial charge on any atom is -0.467 e. The fourth-order valence-corrected chi connectivity index (χ4v) is 2.19. The van der Waals surface area contributed by atoms with Gasteiger partial charge in [-0.15, -0.1) is 6.58 Å². The van der Waals surface area contributed by atoms with Gasteiger partial charge in [-0.05, 0) is 20.8 Å². The molecule has 1 amide bonds. The summed E-state index contributed by atoms with van der Waals surface area (Å²) in [5, 5.41) is 10.2. The molecule has 0 aromatic carbocycles. The van der Waals surface area contributed by atoms with Crippen molar-refractivity contribution in [2.24, 2.45) is 0 Å². The summed E-state index contributed by atoms with van der Waals surface area (Å²) in [6.07, 6.45) is 0.0597. The summed E-state index contributed by atoms with van der Waals surface area (Å²) < 4.78 is 10.0. The second-order valence-electron chi connectivity index (χ2n) is 6.30. The van der Waals surface area contributed by atoms with Crippen LogP contribution < -0.4 is 5.48 Å². The van der Waals surface area contributed by atoms with Gasteiger partial charge in [-0.3, -0.25) is 9.74 Å². The maximum Gasteiger partial charge on any atom is 0.411 e. The number of aliphatic hydroxyl groups excluding tert-OH is 1. The standard InChI is InChI=1S/C15H26N2O6/c1-6-7-22-16-10-9-17(14(20)23-15(2,3)4)11(8-12(10)18)13(19)21-5/h6,10-12,16,18H,1,7-9H2,2-5H3/t10-,11-,12-/m0/s1. The largest absolute Gasteiger partial charge is 0.467 e. The maximum atomic E-state index is 12.4. The van der Waals surface area contributed by atoms with Crippen molar-refractivity contribution in [2.45, 2.75) is 51.0 Å². The molecule has 1 aliphatic rings. The van der Waals surface area contributed by atoms with Crippen LogP contribution in [0.5, 0.6) is 0 Å². The second-order valence-corrected chi connectivity index (χ2v) is 6.30. The number of nitrogens with zero attached hydrogens (tertiary/aromatic N) is 1. The number of hydroxylamine groups is 1. The Hall–Kier alpha value is -1.64. The molecule has 0 unspecified atom stereocenters. The third-order valence-corrected chi connectivity index (χ3v) is 3.24. The number of carbonyl (C=O) groups excluding carboxylic acids is 2. The molecule has 0 bridgehead atoms. The number of methoxy groups -OCH3 is 1. The number of likely N-dealkylation sites (tertiary alicyclic amines) is 1. The summed E-state index contributed by atoms with van der Waals surface area (Å²) in [5.74, 6) is -0.597. The minimum absolute atomic E-state index is 0.0288. The number of carbonyl (C=O) groups is 2. The molecule has 23 heavy (non-hydrogen) atoms. The van der Waals surface area contributed by atoms with Gasteiger partial charge in [0.25, 0.3) is 0 Å². The predicted molar refractivity (Wildman–Crippen MR) is 82.4 cm³/mol. The Labute approximate surface area is 136 Å². The third-order valence-electron chi connectivity index (χ3n) is 3.24. The highest BCUT2D eigenvalue weighted by molar-refractivity contribution is 5.82. The van der Waals surface area contributed by atoms with Crippen molar-refractivity contribution in [3.8, 4) is 0 Å². The van der Waals surface area contributed by atoms with Gasteiger partial charge >= 0.3 is 12.1 Å². The zero-order valence-electron chi connectivity index (χ0n) is 14.1. The summed E-state index contributed by atoms with van der Waals surface area (Å²) in [4.78, 5) is 30.6. The SMILES string of the molecule is C=CCON[C@H]1CN(C(=O)OC(C)(C)C)[C@H](C(=O)OC)C[C@@H]1O. The summed E-state index contributed by atoms with van der Waals surface area (Å²) in [5.41, 5.74) is 1.98. The van der Waals surface area contributed by atoms with Crippen molar-refractivity contribution >= 4 is 12.1 Å². The average molecular weight is 330 g/mol. The lowest BCUT2D eigenvalue weighted by Gasteiger charge is -2.40. The third kappa shape index (κ3) is 5.81. The van der Waals surface area contributed by atoms with E-state index in [1.165, 1.54) is 12.0 Å². The van der Waals surface area contributed by atoms with E-state index in [9.17, 15) is 14.7 Å². The van der Waals surface area contributed by atoms with Crippen LogP contribution in [-0.4, -0.2) is 66.1 Å². The van der Waals surface area contributed by atoms with Gasteiger partial charge in [0, 0.05) is 13.0 Å². The van der Waals surface area contributed by atoms with Crippen molar-refractivity contribution in [3.63, 3.8) is 0 Å². The highest BCUT2D eigenvalue weighted by Gasteiger charge is 2.43. The van der Waals surface area contributed by atoms with E-state index in [1.807, 2.05) is 0 Å². The van der Waals surface area contributed by atoms with E-state index < -0.39 is 35.9 Å². The number of rotatable bonds is 5. The van der Waals surface area contributed by atoms with E-state index in [0.29, 0.717) is 0 Å². The lowest BCUT2D eigenvalue weighted by molar-refractivity contribution is -0.152. The molecule has 1 rings (SSSR count). The van der Waals surface area contributed by atoms with E-state index in [-0.39, 0.29) is 19.6 Å². The highest BCUT2D eigenvalue weighted by Crippen LogP contribution is 2.22. The van der Waals surface area contributed by atoms with Gasteiger partial charge < -0.3 is 14.6 Å². The first-order chi connectivity index (χ1) is 10.7. The van der Waals surface area contributed by atoms with Crippen LogP contribution in [0.25, 0.3) is 0 Å². The van der Waals surface area contributed by atoms with Crippen LogP contribution in [0.15, 0.2) is 12.7 Å². The normalized spacial score (nSPS) is 24.9. The molecule has 1 heterocycles. The molecule has 8 nitrogen and oxygen atoms in total. The van der Waals surface area contributed by atoms with Crippen LogP contribution in [0.1, 0.15) is 27.2 Å². The molecule has 0 spiro atoms. The zero-order valence-corrected chi connectivity index (χ0v) is 14.1. The van der Waals surface area contributed by atoms with Crippen molar-refractivity contribution in [1.29, 1.82) is 0 Å². The lowest BCUT2D eigenvalue weighted by Crippen LogP contribution is -2.61. The molecule has 0 saturated carbocycles. The summed E-state index contributed by atoms with van der Waals surface area (Å²) in [6.45, 7) is 9.02. The number of hydrogen-bond donors (Lipinski definition) is 2. The van der Waals surface area contributed by atoms with Crippen molar-refractivity contribution in [1.82, 2.24) is 10.4 Å². The fraction of sp³-hybridized carbons (Fsp3) is 0.733. The van der Waals surface area contributed by atoms with Gasteiger partial charge in [0.2, 0.25) is 0 Å². The number of ether oxygens (including phenoxy) is 2. The monoisotopic (exact) mass is 330 g/mol. The molecule has 1 saturated heterocycles. The van der Waals surface area contributed by atoms with Crippen molar-refractivity contribution < 1.29 is 29.0 Å². The summed E-state index contributed by atoms with van der Waals surface area (Å²) in [6, 6.07) is -1.45. The van der Waals surface area contributed by atoms with E-state index >= 15 is 0 Å². The molecule has 0 aliphatic carbocycles. The number of aliphatic hydroxyl groups is 1. The molecule has 0 radical (unpaired) electrons. The Bertz CT molecular complexity index is 434. The number of hydrogen-bond acceptors (Lipinski definition) is 7. The molecule has 8 heteroatoms. The van der Waals surface area contributed by atoms with Crippen LogP contribution >= 0.6 is 0 Å². The number of piperidine rings is 1. The van der Waals surface area contributed by atoms with Crippen LogP contribution in [-0.2, 0) is 19.1 Å². The van der Waals surface area contributed by atoms with Gasteiger partial charge in [-0.25, -0.2) is 9.59 Å². The Kier molecular flexibility index (Phi) is 6.99. The molecule has 0 aromatic heterocycles. The molecular formula is C15H26N2O6. The Morgan fingerprint density at radius 3 is 2.61 bits per heavy atom. The van der Waals surface area contributed by atoms with Crippen molar-refractivity contribution in [3.05, 3.63) is 12.7 Å². The van der Waals surface area contributed by atoms with E-state index in [2.05, 4.69) is 12.1 Å². The Balaban J connectivity index is 2.86. The van der Waals surface area contributed by atoms with E-state index in [4.69, 9.17) is 14.3 Å². The number of nitrogens with one attached hydrogen (secondary N) is 1. The first-order valence-corrected chi connectivity index (χ1v) is 7.43. The van der Waals surface area contributed by atoms with Crippen molar-refractivity contribution in [2.75, 3.05) is 20.3 Å². The molecule has 132 valence electrons. The number of esters is 1. The van der Waals surface area contributed by atoms with Gasteiger partial charge in [-0.1, -0.05) is 6.08 Å².